The fourth-order valence-corrected chi connectivity index (χ4v) is 3.97. The first-order chi connectivity index (χ1) is 13.8. The van der Waals surface area contributed by atoms with Crippen LogP contribution in [-0.2, 0) is 4.79 Å². The minimum absolute atomic E-state index is 0.139. The fraction of sp³-hybridized carbons (Fsp3) is 0.304. The van der Waals surface area contributed by atoms with Crippen molar-refractivity contribution in [2.45, 2.75) is 32.1 Å². The van der Waals surface area contributed by atoms with Gasteiger partial charge < -0.3 is 15.5 Å². The van der Waals surface area contributed by atoms with Crippen LogP contribution in [0.25, 0.3) is 0 Å². The lowest BCUT2D eigenvalue weighted by molar-refractivity contribution is -0.113. The normalized spacial score (nSPS) is 16.3. The van der Waals surface area contributed by atoms with Gasteiger partial charge in [0.25, 0.3) is 5.91 Å². The molecule has 0 saturated heterocycles. The SMILES string of the molecule is CC1=C(C(=O)Nc2ccccc2)[C@H](c2ccc(N(C)C)cc2)N=C(SC(C)C)N1. The fourth-order valence-electron chi connectivity index (χ4n) is 3.14. The predicted molar refractivity (Wildman–Crippen MR) is 125 cm³/mol. The smallest absolute Gasteiger partial charge is 0.255 e. The van der Waals surface area contributed by atoms with Gasteiger partial charge in [0.15, 0.2) is 5.17 Å². The monoisotopic (exact) mass is 408 g/mol. The van der Waals surface area contributed by atoms with Crippen molar-refractivity contribution in [1.29, 1.82) is 0 Å². The largest absolute Gasteiger partial charge is 0.378 e. The van der Waals surface area contributed by atoms with Crippen LogP contribution in [0.1, 0.15) is 32.4 Å². The van der Waals surface area contributed by atoms with Crippen molar-refractivity contribution in [2.24, 2.45) is 4.99 Å². The van der Waals surface area contributed by atoms with E-state index in [0.717, 1.165) is 27.8 Å². The second kappa shape index (κ2) is 9.18. The van der Waals surface area contributed by atoms with Crippen molar-refractivity contribution in [3.05, 3.63) is 71.4 Å². The molecule has 0 radical (unpaired) electrons. The maximum atomic E-state index is 13.2. The zero-order chi connectivity index (χ0) is 21.0. The molecule has 1 amide bonds. The third kappa shape index (κ3) is 5.21. The summed E-state index contributed by atoms with van der Waals surface area (Å²) in [5.74, 6) is -0.139. The highest BCUT2D eigenvalue weighted by atomic mass is 32.2. The Morgan fingerprint density at radius 2 is 1.76 bits per heavy atom. The molecule has 1 aliphatic rings. The molecule has 29 heavy (non-hydrogen) atoms. The van der Waals surface area contributed by atoms with E-state index in [0.29, 0.717) is 10.8 Å². The molecule has 1 aliphatic heterocycles. The van der Waals surface area contributed by atoms with Crippen LogP contribution in [-0.4, -0.2) is 30.4 Å². The van der Waals surface area contributed by atoms with Gasteiger partial charge in [0.05, 0.1) is 5.57 Å². The van der Waals surface area contributed by atoms with Crippen LogP contribution in [0.4, 0.5) is 11.4 Å². The zero-order valence-corrected chi connectivity index (χ0v) is 18.4. The molecule has 0 spiro atoms. The molecular weight excluding hydrogens is 380 g/mol. The highest BCUT2D eigenvalue weighted by Crippen LogP contribution is 2.34. The van der Waals surface area contributed by atoms with Gasteiger partial charge in [0.1, 0.15) is 6.04 Å². The molecule has 0 saturated carbocycles. The van der Waals surface area contributed by atoms with Crippen molar-refractivity contribution in [2.75, 3.05) is 24.3 Å². The number of thioether (sulfide) groups is 1. The topological polar surface area (TPSA) is 56.7 Å². The number of amides is 1. The van der Waals surface area contributed by atoms with Crippen LogP contribution in [0.2, 0.25) is 0 Å². The molecule has 0 aromatic heterocycles. The molecule has 152 valence electrons. The molecule has 2 aromatic rings. The number of anilines is 2. The number of rotatable bonds is 5. The Bertz CT molecular complexity index is 918. The van der Waals surface area contributed by atoms with E-state index in [-0.39, 0.29) is 11.9 Å². The molecule has 3 rings (SSSR count). The van der Waals surface area contributed by atoms with Crippen molar-refractivity contribution in [3.8, 4) is 0 Å². The first kappa shape index (κ1) is 21.0. The molecule has 2 aromatic carbocycles. The molecule has 2 N–H and O–H groups in total. The van der Waals surface area contributed by atoms with E-state index in [1.165, 1.54) is 0 Å². The van der Waals surface area contributed by atoms with E-state index in [4.69, 9.17) is 4.99 Å². The molecule has 0 unspecified atom stereocenters. The third-order valence-electron chi connectivity index (χ3n) is 4.57. The average Bonchev–Trinajstić information content (AvgIpc) is 2.67. The number of nitrogens with zero attached hydrogens (tertiary/aromatic N) is 2. The van der Waals surface area contributed by atoms with Gasteiger partial charge in [-0.25, -0.2) is 4.99 Å². The summed E-state index contributed by atoms with van der Waals surface area (Å²) in [6, 6.07) is 17.4. The van der Waals surface area contributed by atoms with Gasteiger partial charge >= 0.3 is 0 Å². The Balaban J connectivity index is 1.96. The molecular formula is C23H28N4OS. The number of para-hydroxylation sites is 1. The van der Waals surface area contributed by atoms with Crippen molar-refractivity contribution >= 4 is 34.2 Å². The first-order valence-corrected chi connectivity index (χ1v) is 10.6. The number of carbonyl (C=O) groups excluding carboxylic acids is 1. The van der Waals surface area contributed by atoms with Crippen LogP contribution < -0.4 is 15.5 Å². The Hall–Kier alpha value is -2.73. The summed E-state index contributed by atoms with van der Waals surface area (Å²) in [4.78, 5) is 20.1. The third-order valence-corrected chi connectivity index (χ3v) is 5.47. The van der Waals surface area contributed by atoms with Crippen LogP contribution in [0.5, 0.6) is 0 Å². The van der Waals surface area contributed by atoms with Gasteiger partial charge in [-0.2, -0.15) is 0 Å². The first-order valence-electron chi connectivity index (χ1n) is 9.71. The van der Waals surface area contributed by atoms with Gasteiger partial charge in [-0.3, -0.25) is 4.79 Å². The lowest BCUT2D eigenvalue weighted by Gasteiger charge is -2.27. The maximum Gasteiger partial charge on any atom is 0.255 e. The summed E-state index contributed by atoms with van der Waals surface area (Å²) in [6.45, 7) is 6.20. The van der Waals surface area contributed by atoms with E-state index in [2.05, 4.69) is 53.6 Å². The van der Waals surface area contributed by atoms with Gasteiger partial charge in [-0.05, 0) is 36.8 Å². The summed E-state index contributed by atoms with van der Waals surface area (Å²) in [7, 11) is 4.02. The van der Waals surface area contributed by atoms with E-state index in [9.17, 15) is 4.79 Å². The summed E-state index contributed by atoms with van der Waals surface area (Å²) in [5.41, 5.74) is 4.35. The standard InChI is InChI=1S/C23H28N4OS/c1-15(2)29-23-24-16(3)20(22(28)25-18-9-7-6-8-10-18)21(26-23)17-11-13-19(14-12-17)27(4)5/h6-15,21H,1-5H3,(H,24,26)(H,25,28)/t21-/m0/s1. The lowest BCUT2D eigenvalue weighted by atomic mass is 9.95. The number of hydrogen-bond donors (Lipinski definition) is 2. The van der Waals surface area contributed by atoms with Crippen LogP contribution in [0, 0.1) is 0 Å². The molecule has 6 heteroatoms. The predicted octanol–water partition coefficient (Wildman–Crippen LogP) is 4.81. The number of aliphatic imine (C=N–C) groups is 1. The summed E-state index contributed by atoms with van der Waals surface area (Å²) in [5, 5.41) is 7.56. The van der Waals surface area contributed by atoms with Crippen LogP contribution in [0.3, 0.4) is 0 Å². The van der Waals surface area contributed by atoms with Crippen LogP contribution in [0.15, 0.2) is 70.9 Å². The molecule has 1 heterocycles. The second-order valence-electron chi connectivity index (χ2n) is 7.47. The van der Waals surface area contributed by atoms with E-state index in [1.54, 1.807) is 11.8 Å². The Morgan fingerprint density at radius 1 is 1.10 bits per heavy atom. The molecule has 0 aliphatic carbocycles. The quantitative estimate of drug-likeness (QED) is 0.746. The Morgan fingerprint density at radius 3 is 2.34 bits per heavy atom. The molecule has 1 atom stereocenters. The number of allylic oxidation sites excluding steroid dienone is 1. The Kier molecular flexibility index (Phi) is 6.64. The number of amidine groups is 1. The molecule has 5 nitrogen and oxygen atoms in total. The minimum Gasteiger partial charge on any atom is -0.378 e. The highest BCUT2D eigenvalue weighted by molar-refractivity contribution is 8.14. The highest BCUT2D eigenvalue weighted by Gasteiger charge is 2.29. The van der Waals surface area contributed by atoms with Gasteiger partial charge in [0, 0.05) is 36.4 Å². The molecule has 0 fully saturated rings. The minimum atomic E-state index is -0.350. The van der Waals surface area contributed by atoms with E-state index < -0.39 is 0 Å². The van der Waals surface area contributed by atoms with Crippen molar-refractivity contribution < 1.29 is 4.79 Å². The summed E-state index contributed by atoms with van der Waals surface area (Å²) in [6.07, 6.45) is 0. The van der Waals surface area contributed by atoms with Crippen LogP contribution >= 0.6 is 11.8 Å². The molecule has 0 bridgehead atoms. The second-order valence-corrected chi connectivity index (χ2v) is 9.04. The van der Waals surface area contributed by atoms with E-state index >= 15 is 0 Å². The summed E-state index contributed by atoms with van der Waals surface area (Å²) < 4.78 is 0. The average molecular weight is 409 g/mol. The number of hydrogen-bond acceptors (Lipinski definition) is 5. The van der Waals surface area contributed by atoms with Gasteiger partial charge in [-0.1, -0.05) is 55.9 Å². The lowest BCUT2D eigenvalue weighted by Crippen LogP contribution is -2.32. The maximum absolute atomic E-state index is 13.2. The Labute approximate surface area is 177 Å². The van der Waals surface area contributed by atoms with Gasteiger partial charge in [0.2, 0.25) is 0 Å². The van der Waals surface area contributed by atoms with Gasteiger partial charge in [-0.15, -0.1) is 0 Å². The number of benzene rings is 2. The van der Waals surface area contributed by atoms with E-state index in [1.807, 2.05) is 51.4 Å². The van der Waals surface area contributed by atoms with Crippen molar-refractivity contribution in [3.63, 3.8) is 0 Å². The zero-order valence-electron chi connectivity index (χ0n) is 17.6. The number of nitrogens with one attached hydrogen (secondary N) is 2. The number of carbonyl (C=O) groups is 1. The van der Waals surface area contributed by atoms with Crippen molar-refractivity contribution in [1.82, 2.24) is 5.32 Å². The summed E-state index contributed by atoms with van der Waals surface area (Å²) >= 11 is 1.67.